The van der Waals surface area contributed by atoms with E-state index in [1.54, 1.807) is 13.2 Å². The first-order valence-electron chi connectivity index (χ1n) is 7.44. The normalized spacial score (nSPS) is 10.5. The van der Waals surface area contributed by atoms with E-state index in [2.05, 4.69) is 10.9 Å². The zero-order valence-corrected chi connectivity index (χ0v) is 14.0. The number of rotatable bonds is 6. The van der Waals surface area contributed by atoms with E-state index < -0.39 is 5.91 Å². The van der Waals surface area contributed by atoms with Crippen LogP contribution in [-0.4, -0.2) is 37.4 Å². The van der Waals surface area contributed by atoms with E-state index in [4.69, 9.17) is 9.15 Å². The molecule has 0 spiro atoms. The van der Waals surface area contributed by atoms with Crippen LogP contribution in [0.1, 0.15) is 21.7 Å². The predicted octanol–water partition coefficient (Wildman–Crippen LogP) is 1.49. The summed E-state index contributed by atoms with van der Waals surface area (Å²) in [5, 5.41) is 0. The van der Waals surface area contributed by atoms with Crippen molar-refractivity contribution in [1.29, 1.82) is 0 Å². The second kappa shape index (κ2) is 8.16. The van der Waals surface area contributed by atoms with Crippen LogP contribution in [-0.2, 0) is 11.3 Å². The summed E-state index contributed by atoms with van der Waals surface area (Å²) in [7, 11) is 3.43. The summed E-state index contributed by atoms with van der Waals surface area (Å²) in [6.45, 7) is 2.67. The average molecular weight is 331 g/mol. The number of carbonyl (C=O) groups excluding carboxylic acids is 2. The van der Waals surface area contributed by atoms with E-state index in [1.165, 1.54) is 12.3 Å². The van der Waals surface area contributed by atoms with Gasteiger partial charge in [-0.2, -0.15) is 0 Å². The lowest BCUT2D eigenvalue weighted by atomic mass is 10.1. The van der Waals surface area contributed by atoms with Gasteiger partial charge >= 0.3 is 5.91 Å². The third kappa shape index (κ3) is 4.85. The topological polar surface area (TPSA) is 83.8 Å². The Kier molecular flexibility index (Phi) is 5.97. The van der Waals surface area contributed by atoms with Crippen molar-refractivity contribution in [3.05, 3.63) is 53.5 Å². The molecule has 2 aromatic rings. The summed E-state index contributed by atoms with van der Waals surface area (Å²) < 4.78 is 10.3. The number of hydrazine groups is 1. The molecular formula is C17H21N3O4. The van der Waals surface area contributed by atoms with Gasteiger partial charge in [-0.05, 0) is 32.2 Å². The fraction of sp³-hybridized carbons (Fsp3) is 0.294. The Balaban J connectivity index is 1.83. The van der Waals surface area contributed by atoms with Crippen molar-refractivity contribution < 1.29 is 18.7 Å². The SMILES string of the molecule is COc1ccc(C)cc1CN(C)CC(=O)NNC(=O)c1ccco1. The summed E-state index contributed by atoms with van der Waals surface area (Å²) in [5.41, 5.74) is 6.77. The molecule has 0 aliphatic rings. The Labute approximate surface area is 140 Å². The van der Waals surface area contributed by atoms with Crippen molar-refractivity contribution in [2.24, 2.45) is 0 Å². The Morgan fingerprint density at radius 2 is 2.04 bits per heavy atom. The van der Waals surface area contributed by atoms with Gasteiger partial charge in [0, 0.05) is 12.1 Å². The minimum Gasteiger partial charge on any atom is -0.496 e. The predicted molar refractivity (Wildman–Crippen MR) is 88.4 cm³/mol. The van der Waals surface area contributed by atoms with E-state index in [0.717, 1.165) is 16.9 Å². The highest BCUT2D eigenvalue weighted by atomic mass is 16.5. The minimum absolute atomic E-state index is 0.121. The van der Waals surface area contributed by atoms with Gasteiger partial charge in [0.2, 0.25) is 0 Å². The molecular weight excluding hydrogens is 310 g/mol. The molecule has 0 bridgehead atoms. The Morgan fingerprint density at radius 1 is 1.25 bits per heavy atom. The molecule has 7 heteroatoms. The van der Waals surface area contributed by atoms with Gasteiger partial charge in [-0.15, -0.1) is 0 Å². The summed E-state index contributed by atoms with van der Waals surface area (Å²) in [5.74, 6) is 0.0764. The van der Waals surface area contributed by atoms with Gasteiger partial charge in [0.15, 0.2) is 5.76 Å². The number of hydrogen-bond acceptors (Lipinski definition) is 5. The van der Waals surface area contributed by atoms with Crippen LogP contribution >= 0.6 is 0 Å². The van der Waals surface area contributed by atoms with E-state index in [-0.39, 0.29) is 18.2 Å². The number of likely N-dealkylation sites (N-methyl/N-ethyl adjacent to an activating group) is 1. The molecule has 0 saturated carbocycles. The number of amides is 2. The molecule has 0 fully saturated rings. The molecule has 128 valence electrons. The molecule has 0 radical (unpaired) electrons. The summed E-state index contributed by atoms with van der Waals surface area (Å²) >= 11 is 0. The van der Waals surface area contributed by atoms with Gasteiger partial charge in [-0.1, -0.05) is 17.7 Å². The highest BCUT2D eigenvalue weighted by Crippen LogP contribution is 2.20. The number of furan rings is 1. The van der Waals surface area contributed by atoms with E-state index in [9.17, 15) is 9.59 Å². The first-order valence-corrected chi connectivity index (χ1v) is 7.44. The van der Waals surface area contributed by atoms with Gasteiger partial charge in [-0.25, -0.2) is 0 Å². The number of aryl methyl sites for hydroxylation is 1. The average Bonchev–Trinajstić information content (AvgIpc) is 3.07. The fourth-order valence-electron chi connectivity index (χ4n) is 2.26. The number of ether oxygens (including phenoxy) is 1. The molecule has 0 saturated heterocycles. The van der Waals surface area contributed by atoms with Crippen molar-refractivity contribution in [1.82, 2.24) is 15.8 Å². The Bertz CT molecular complexity index is 698. The maximum absolute atomic E-state index is 11.9. The maximum atomic E-state index is 11.9. The first-order chi connectivity index (χ1) is 11.5. The molecule has 0 aliphatic heterocycles. The second-order valence-corrected chi connectivity index (χ2v) is 5.47. The van der Waals surface area contributed by atoms with Crippen LogP contribution in [0, 0.1) is 6.92 Å². The van der Waals surface area contributed by atoms with Crippen molar-refractivity contribution in [3.63, 3.8) is 0 Å². The zero-order valence-electron chi connectivity index (χ0n) is 14.0. The molecule has 0 atom stereocenters. The molecule has 2 amide bonds. The number of hydrogen-bond donors (Lipinski definition) is 2. The maximum Gasteiger partial charge on any atom is 0.305 e. The summed E-state index contributed by atoms with van der Waals surface area (Å²) in [6, 6.07) is 9.00. The smallest absolute Gasteiger partial charge is 0.305 e. The van der Waals surface area contributed by atoms with Gasteiger partial charge < -0.3 is 9.15 Å². The lowest BCUT2D eigenvalue weighted by molar-refractivity contribution is -0.122. The third-order valence-corrected chi connectivity index (χ3v) is 3.35. The van der Waals surface area contributed by atoms with E-state index >= 15 is 0 Å². The molecule has 24 heavy (non-hydrogen) atoms. The molecule has 0 unspecified atom stereocenters. The minimum atomic E-state index is -0.503. The van der Waals surface area contributed by atoms with Crippen molar-refractivity contribution >= 4 is 11.8 Å². The molecule has 2 N–H and O–H groups in total. The van der Waals surface area contributed by atoms with Gasteiger partial charge in [0.25, 0.3) is 5.91 Å². The van der Waals surface area contributed by atoms with Crippen molar-refractivity contribution in [2.75, 3.05) is 20.7 Å². The second-order valence-electron chi connectivity index (χ2n) is 5.47. The summed E-state index contributed by atoms with van der Waals surface area (Å²) in [4.78, 5) is 25.4. The standard InChI is InChI=1S/C17H21N3O4/c1-12-6-7-14(23-3)13(9-12)10-20(2)11-16(21)18-19-17(22)15-5-4-8-24-15/h4-9H,10-11H2,1-3H3,(H,18,21)(H,19,22). The Hall–Kier alpha value is -2.80. The number of methoxy groups -OCH3 is 1. The number of nitrogens with one attached hydrogen (secondary N) is 2. The number of nitrogens with zero attached hydrogens (tertiary/aromatic N) is 1. The van der Waals surface area contributed by atoms with Crippen molar-refractivity contribution in [3.8, 4) is 5.75 Å². The molecule has 2 rings (SSSR count). The van der Waals surface area contributed by atoms with Crippen LogP contribution in [0.25, 0.3) is 0 Å². The monoisotopic (exact) mass is 331 g/mol. The van der Waals surface area contributed by atoms with E-state index in [1.807, 2.05) is 37.1 Å². The van der Waals surface area contributed by atoms with Gasteiger partial charge in [0.05, 0.1) is 19.9 Å². The third-order valence-electron chi connectivity index (χ3n) is 3.35. The molecule has 1 heterocycles. The number of carbonyl (C=O) groups is 2. The fourth-order valence-corrected chi connectivity index (χ4v) is 2.26. The molecule has 1 aromatic carbocycles. The lowest BCUT2D eigenvalue weighted by Gasteiger charge is -2.18. The van der Waals surface area contributed by atoms with Crippen LogP contribution in [0.4, 0.5) is 0 Å². The zero-order chi connectivity index (χ0) is 17.5. The van der Waals surface area contributed by atoms with Crippen molar-refractivity contribution in [2.45, 2.75) is 13.5 Å². The highest BCUT2D eigenvalue weighted by Gasteiger charge is 2.12. The largest absolute Gasteiger partial charge is 0.496 e. The molecule has 7 nitrogen and oxygen atoms in total. The van der Waals surface area contributed by atoms with Gasteiger partial charge in [-0.3, -0.25) is 25.3 Å². The highest BCUT2D eigenvalue weighted by molar-refractivity contribution is 5.93. The quantitative estimate of drug-likeness (QED) is 0.784. The Morgan fingerprint density at radius 3 is 2.71 bits per heavy atom. The van der Waals surface area contributed by atoms with Crippen LogP contribution < -0.4 is 15.6 Å². The molecule has 0 aliphatic carbocycles. The summed E-state index contributed by atoms with van der Waals surface area (Å²) in [6.07, 6.45) is 1.39. The first kappa shape index (κ1) is 17.6. The van der Waals surface area contributed by atoms with Crippen LogP contribution in [0.3, 0.4) is 0 Å². The van der Waals surface area contributed by atoms with Crippen LogP contribution in [0.5, 0.6) is 5.75 Å². The molecule has 1 aromatic heterocycles. The number of benzene rings is 1. The van der Waals surface area contributed by atoms with E-state index in [0.29, 0.717) is 6.54 Å². The lowest BCUT2D eigenvalue weighted by Crippen LogP contribution is -2.45. The van der Waals surface area contributed by atoms with Gasteiger partial charge in [0.1, 0.15) is 5.75 Å². The van der Waals surface area contributed by atoms with Crippen LogP contribution in [0.15, 0.2) is 41.0 Å². The van der Waals surface area contributed by atoms with Crippen LogP contribution in [0.2, 0.25) is 0 Å².